The minimum atomic E-state index is 0.0352. The van der Waals surface area contributed by atoms with Crippen LogP contribution < -0.4 is 0 Å². The van der Waals surface area contributed by atoms with Crippen LogP contribution in [0.4, 0.5) is 0 Å². The average Bonchev–Trinajstić information content (AvgIpc) is 3.04. The number of hydrogen-bond acceptors (Lipinski definition) is 1. The Bertz CT molecular complexity index is 1150. The van der Waals surface area contributed by atoms with E-state index in [0.717, 1.165) is 23.1 Å². The van der Waals surface area contributed by atoms with Crippen LogP contribution in [0, 0.1) is 0 Å². The van der Waals surface area contributed by atoms with E-state index in [1.54, 1.807) is 6.08 Å². The van der Waals surface area contributed by atoms with Gasteiger partial charge in [-0.25, -0.2) is 0 Å². The molecule has 0 aliphatic carbocycles. The lowest BCUT2D eigenvalue weighted by molar-refractivity contribution is 0.104. The number of unbranched alkanes of at least 4 members (excludes halogenated alkanes) is 14. The van der Waals surface area contributed by atoms with Gasteiger partial charge in [-0.05, 0) is 34.8 Å². The highest BCUT2D eigenvalue weighted by Gasteiger charge is 2.14. The van der Waals surface area contributed by atoms with E-state index < -0.39 is 0 Å². The minimum absolute atomic E-state index is 0.0352. The zero-order valence-electron chi connectivity index (χ0n) is 26.2. The third-order valence-electron chi connectivity index (χ3n) is 8.50. The minimum Gasteiger partial charge on any atom is -0.289 e. The summed E-state index contributed by atoms with van der Waals surface area (Å²) in [5.41, 5.74) is 5.65. The first-order chi connectivity index (χ1) is 20.7. The molecule has 0 spiro atoms. The Balaban J connectivity index is 1.42. The van der Waals surface area contributed by atoms with Crippen molar-refractivity contribution in [3.63, 3.8) is 0 Å². The van der Waals surface area contributed by atoms with Gasteiger partial charge in [0.05, 0.1) is 0 Å². The van der Waals surface area contributed by atoms with Gasteiger partial charge in [0.1, 0.15) is 0 Å². The lowest BCUT2D eigenvalue weighted by Crippen LogP contribution is -2.02. The molecule has 0 heterocycles. The predicted octanol–water partition coefficient (Wildman–Crippen LogP) is 12.6. The summed E-state index contributed by atoms with van der Waals surface area (Å²) >= 11 is 0. The molecule has 0 bridgehead atoms. The van der Waals surface area contributed by atoms with Gasteiger partial charge in [0.2, 0.25) is 0 Å². The molecule has 3 aromatic carbocycles. The number of carbonyl (C=O) groups excluding carboxylic acids is 1. The van der Waals surface area contributed by atoms with Crippen molar-refractivity contribution in [3.8, 4) is 0 Å². The van der Waals surface area contributed by atoms with E-state index in [9.17, 15) is 4.79 Å². The van der Waals surface area contributed by atoms with E-state index in [4.69, 9.17) is 0 Å². The molecule has 1 unspecified atom stereocenters. The van der Waals surface area contributed by atoms with Crippen LogP contribution in [0.3, 0.4) is 0 Å². The van der Waals surface area contributed by atoms with E-state index in [0.29, 0.717) is 5.92 Å². The van der Waals surface area contributed by atoms with Crippen LogP contribution in [0.2, 0.25) is 0 Å². The maximum atomic E-state index is 12.5. The second-order valence-electron chi connectivity index (χ2n) is 11.9. The van der Waals surface area contributed by atoms with Crippen molar-refractivity contribution in [3.05, 3.63) is 119 Å². The van der Waals surface area contributed by atoms with Crippen molar-refractivity contribution in [1.29, 1.82) is 0 Å². The molecule has 0 fully saturated rings. The summed E-state index contributed by atoms with van der Waals surface area (Å²) in [6, 6.07) is 27.1. The van der Waals surface area contributed by atoms with Gasteiger partial charge in [-0.2, -0.15) is 0 Å². The molecule has 1 nitrogen and oxygen atoms in total. The predicted molar refractivity (Wildman–Crippen MR) is 184 cm³/mol. The van der Waals surface area contributed by atoms with E-state index in [-0.39, 0.29) is 5.78 Å². The summed E-state index contributed by atoms with van der Waals surface area (Å²) < 4.78 is 0. The van der Waals surface area contributed by atoms with Gasteiger partial charge in [-0.3, -0.25) is 4.79 Å². The fraction of sp³-hybridized carbons (Fsp3) is 0.439. The quantitative estimate of drug-likeness (QED) is 0.0676. The lowest BCUT2D eigenvalue weighted by Gasteiger charge is -2.19. The molecule has 224 valence electrons. The Kier molecular flexibility index (Phi) is 16.4. The van der Waals surface area contributed by atoms with Crippen molar-refractivity contribution < 1.29 is 4.79 Å². The number of ketones is 1. The summed E-state index contributed by atoms with van der Waals surface area (Å²) in [5.74, 6) is 0.419. The summed E-state index contributed by atoms with van der Waals surface area (Å²) in [7, 11) is 0. The van der Waals surface area contributed by atoms with Crippen LogP contribution in [0.25, 0.3) is 12.2 Å². The number of allylic oxidation sites excluding steroid dienone is 1. The molecule has 0 aliphatic rings. The molecular formula is C41H54O. The molecule has 0 N–H and O–H groups in total. The summed E-state index contributed by atoms with van der Waals surface area (Å²) in [4.78, 5) is 12.5. The van der Waals surface area contributed by atoms with Gasteiger partial charge in [0.25, 0.3) is 0 Å². The molecule has 0 amide bonds. The average molecular weight is 563 g/mol. The van der Waals surface area contributed by atoms with Crippen LogP contribution in [0.1, 0.15) is 148 Å². The molecule has 0 radical (unpaired) electrons. The Labute approximate surface area is 257 Å². The highest BCUT2D eigenvalue weighted by atomic mass is 16.1. The largest absolute Gasteiger partial charge is 0.289 e. The first-order valence-electron chi connectivity index (χ1n) is 16.8. The standard InChI is InChI=1S/C41H54O/c1-3-5-6-7-8-9-10-11-12-13-14-15-16-17-21-24-40(37-30-25-35(4-2)26-31-37)38-32-27-36(28-33-38)29-34-41(42)39-22-19-18-20-23-39/h4,18-20,22-23,25-34,40H,2-3,5-17,21,24H2,1H3. The molecule has 42 heavy (non-hydrogen) atoms. The summed E-state index contributed by atoms with van der Waals surface area (Å²) in [5, 5.41) is 0. The van der Waals surface area contributed by atoms with Gasteiger partial charge < -0.3 is 0 Å². The Morgan fingerprint density at radius 2 is 1.05 bits per heavy atom. The SMILES string of the molecule is C=Cc1ccc(C(CCCCCCCCCCCCCCCCC)c2ccc(C=CC(=O)c3ccccc3)cc2)cc1. The van der Waals surface area contributed by atoms with E-state index >= 15 is 0 Å². The monoisotopic (exact) mass is 562 g/mol. The molecule has 1 heteroatoms. The number of rotatable bonds is 22. The van der Waals surface area contributed by atoms with E-state index in [1.807, 2.05) is 42.5 Å². The molecule has 0 saturated carbocycles. The van der Waals surface area contributed by atoms with Gasteiger partial charge in [-0.1, -0.05) is 201 Å². The molecule has 0 aromatic heterocycles. The molecule has 0 saturated heterocycles. The number of hydrogen-bond donors (Lipinski definition) is 0. The van der Waals surface area contributed by atoms with Gasteiger partial charge >= 0.3 is 0 Å². The molecule has 1 atom stereocenters. The molecule has 3 rings (SSSR count). The van der Waals surface area contributed by atoms with Crippen LogP contribution in [-0.4, -0.2) is 5.78 Å². The third kappa shape index (κ3) is 12.8. The van der Waals surface area contributed by atoms with Gasteiger partial charge in [-0.15, -0.1) is 0 Å². The Morgan fingerprint density at radius 3 is 1.52 bits per heavy atom. The Hall–Kier alpha value is -3.19. The normalized spacial score (nSPS) is 12.0. The second-order valence-corrected chi connectivity index (χ2v) is 11.9. The third-order valence-corrected chi connectivity index (χ3v) is 8.50. The molecule has 3 aromatic rings. The summed E-state index contributed by atoms with van der Waals surface area (Å²) in [6.07, 6.45) is 27.5. The smallest absolute Gasteiger partial charge is 0.185 e. The zero-order chi connectivity index (χ0) is 29.7. The topological polar surface area (TPSA) is 17.1 Å². The van der Waals surface area contributed by atoms with Gasteiger partial charge in [0.15, 0.2) is 5.78 Å². The fourth-order valence-electron chi connectivity index (χ4n) is 5.82. The van der Waals surface area contributed by atoms with E-state index in [2.05, 4.69) is 62.0 Å². The van der Waals surface area contributed by atoms with Crippen molar-refractivity contribution in [1.82, 2.24) is 0 Å². The first-order valence-corrected chi connectivity index (χ1v) is 16.8. The molecular weight excluding hydrogens is 508 g/mol. The molecule has 0 aliphatic heterocycles. The van der Waals surface area contributed by atoms with Crippen molar-refractivity contribution in [2.24, 2.45) is 0 Å². The highest BCUT2D eigenvalue weighted by molar-refractivity contribution is 6.06. The number of benzene rings is 3. The van der Waals surface area contributed by atoms with Crippen LogP contribution in [0.15, 0.2) is 91.5 Å². The van der Waals surface area contributed by atoms with Crippen LogP contribution in [-0.2, 0) is 0 Å². The second kappa shape index (κ2) is 20.6. The number of carbonyl (C=O) groups is 1. The van der Waals surface area contributed by atoms with Crippen molar-refractivity contribution >= 4 is 17.9 Å². The maximum absolute atomic E-state index is 12.5. The van der Waals surface area contributed by atoms with Crippen LogP contribution in [0.5, 0.6) is 0 Å². The maximum Gasteiger partial charge on any atom is 0.185 e. The lowest BCUT2D eigenvalue weighted by atomic mass is 9.86. The van der Waals surface area contributed by atoms with Crippen molar-refractivity contribution in [2.45, 2.75) is 116 Å². The highest BCUT2D eigenvalue weighted by Crippen LogP contribution is 2.31. The fourth-order valence-corrected chi connectivity index (χ4v) is 5.82. The van der Waals surface area contributed by atoms with E-state index in [1.165, 1.54) is 107 Å². The van der Waals surface area contributed by atoms with Crippen molar-refractivity contribution in [2.75, 3.05) is 0 Å². The Morgan fingerprint density at radius 1 is 0.595 bits per heavy atom. The van der Waals surface area contributed by atoms with Gasteiger partial charge in [0, 0.05) is 11.5 Å². The zero-order valence-corrected chi connectivity index (χ0v) is 26.2. The first kappa shape index (κ1) is 33.3. The summed E-state index contributed by atoms with van der Waals surface area (Å²) in [6.45, 7) is 6.21. The van der Waals surface area contributed by atoms with Crippen LogP contribution >= 0.6 is 0 Å².